The van der Waals surface area contributed by atoms with Crippen molar-refractivity contribution in [2.75, 3.05) is 18.5 Å². The van der Waals surface area contributed by atoms with E-state index in [-0.39, 0.29) is 12.2 Å². The lowest BCUT2D eigenvalue weighted by atomic mass is 10.1. The lowest BCUT2D eigenvalue weighted by Gasteiger charge is -2.18. The first kappa shape index (κ1) is 14.4. The molecule has 20 heavy (non-hydrogen) atoms. The summed E-state index contributed by atoms with van der Waals surface area (Å²) >= 11 is 0. The molecule has 1 N–H and O–H groups in total. The summed E-state index contributed by atoms with van der Waals surface area (Å²) in [6.07, 6.45) is -4.16. The van der Waals surface area contributed by atoms with E-state index in [9.17, 15) is 22.8 Å². The number of benzene rings is 1. The summed E-state index contributed by atoms with van der Waals surface area (Å²) in [5.41, 5.74) is -0.651. The number of hydrogen-bond acceptors (Lipinski definition) is 2. The van der Waals surface area contributed by atoms with Crippen LogP contribution in [-0.2, 0) is 15.8 Å². The molecule has 1 aromatic rings. The van der Waals surface area contributed by atoms with Gasteiger partial charge in [0, 0.05) is 19.3 Å². The molecule has 1 heterocycles. The Balaban J connectivity index is 2.26. The van der Waals surface area contributed by atoms with Gasteiger partial charge >= 0.3 is 6.18 Å². The van der Waals surface area contributed by atoms with Crippen LogP contribution in [0.1, 0.15) is 12.0 Å². The van der Waals surface area contributed by atoms with Crippen LogP contribution in [-0.4, -0.2) is 25.4 Å². The van der Waals surface area contributed by atoms with Gasteiger partial charge in [-0.15, -0.1) is 0 Å². The lowest BCUT2D eigenvalue weighted by Crippen LogP contribution is -2.35. The van der Waals surface area contributed by atoms with Crippen LogP contribution in [0, 0.1) is 5.92 Å². The number of alkyl halides is 3. The first-order valence-corrected chi connectivity index (χ1v) is 6.05. The minimum Gasteiger partial charge on any atom is -0.358 e. The zero-order valence-electron chi connectivity index (χ0n) is 10.7. The topological polar surface area (TPSA) is 49.4 Å². The molecule has 0 spiro atoms. The maximum absolute atomic E-state index is 12.6. The van der Waals surface area contributed by atoms with Crippen molar-refractivity contribution in [3.05, 3.63) is 29.8 Å². The molecule has 1 aliphatic rings. The Kier molecular flexibility index (Phi) is 3.69. The summed E-state index contributed by atoms with van der Waals surface area (Å²) in [5.74, 6) is -1.71. The predicted octanol–water partition coefficient (Wildman–Crippen LogP) is 1.80. The van der Waals surface area contributed by atoms with Gasteiger partial charge in [-0.25, -0.2) is 0 Å². The summed E-state index contributed by atoms with van der Waals surface area (Å²) in [5, 5.41) is 2.38. The number of amides is 2. The fourth-order valence-corrected chi connectivity index (χ4v) is 2.20. The number of carbonyl (C=O) groups excluding carboxylic acids is 2. The number of halogens is 3. The summed E-state index contributed by atoms with van der Waals surface area (Å²) in [6.45, 7) is 0.234. The van der Waals surface area contributed by atoms with E-state index >= 15 is 0 Å². The Morgan fingerprint density at radius 3 is 2.70 bits per heavy atom. The molecule has 0 aromatic heterocycles. The Hall–Kier alpha value is -2.05. The van der Waals surface area contributed by atoms with Crippen molar-refractivity contribution in [1.29, 1.82) is 0 Å². The molecule has 2 rings (SSSR count). The van der Waals surface area contributed by atoms with E-state index in [1.54, 1.807) is 0 Å². The van der Waals surface area contributed by atoms with Crippen molar-refractivity contribution >= 4 is 17.5 Å². The Morgan fingerprint density at radius 1 is 1.40 bits per heavy atom. The highest BCUT2D eigenvalue weighted by Gasteiger charge is 2.38. The summed E-state index contributed by atoms with van der Waals surface area (Å²) in [7, 11) is 1.42. The van der Waals surface area contributed by atoms with Crippen LogP contribution < -0.4 is 10.2 Å². The molecule has 108 valence electrons. The third-order valence-electron chi connectivity index (χ3n) is 3.25. The van der Waals surface area contributed by atoms with E-state index in [2.05, 4.69) is 5.32 Å². The predicted molar refractivity (Wildman–Crippen MR) is 66.0 cm³/mol. The van der Waals surface area contributed by atoms with Gasteiger partial charge in [-0.05, 0) is 24.6 Å². The van der Waals surface area contributed by atoms with Crippen molar-refractivity contribution in [3.8, 4) is 0 Å². The van der Waals surface area contributed by atoms with Gasteiger partial charge in [-0.3, -0.25) is 9.59 Å². The summed E-state index contributed by atoms with van der Waals surface area (Å²) < 4.78 is 37.9. The highest BCUT2D eigenvalue weighted by atomic mass is 19.4. The third-order valence-corrected chi connectivity index (χ3v) is 3.25. The molecular formula is C13H13F3N2O2. The van der Waals surface area contributed by atoms with Gasteiger partial charge in [0.15, 0.2) is 0 Å². The molecule has 1 aromatic carbocycles. The first-order valence-electron chi connectivity index (χ1n) is 6.05. The van der Waals surface area contributed by atoms with E-state index < -0.39 is 29.5 Å². The molecule has 1 fully saturated rings. The minimum atomic E-state index is -4.46. The van der Waals surface area contributed by atoms with Crippen LogP contribution in [0.2, 0.25) is 0 Å². The van der Waals surface area contributed by atoms with Crippen molar-refractivity contribution in [2.45, 2.75) is 12.6 Å². The van der Waals surface area contributed by atoms with Gasteiger partial charge in [-0.1, -0.05) is 6.07 Å². The molecule has 2 amide bonds. The number of hydrogen-bond donors (Lipinski definition) is 1. The number of carbonyl (C=O) groups is 2. The van der Waals surface area contributed by atoms with E-state index in [4.69, 9.17) is 0 Å². The summed E-state index contributed by atoms with van der Waals surface area (Å²) in [4.78, 5) is 24.8. The van der Waals surface area contributed by atoms with Crippen LogP contribution in [0.25, 0.3) is 0 Å². The van der Waals surface area contributed by atoms with Gasteiger partial charge in [0.25, 0.3) is 0 Å². The fourth-order valence-electron chi connectivity index (χ4n) is 2.20. The van der Waals surface area contributed by atoms with Gasteiger partial charge in [0.2, 0.25) is 11.8 Å². The van der Waals surface area contributed by atoms with Crippen molar-refractivity contribution < 1.29 is 22.8 Å². The number of nitrogens with one attached hydrogen (secondary N) is 1. The van der Waals surface area contributed by atoms with Crippen molar-refractivity contribution in [3.63, 3.8) is 0 Å². The molecule has 0 bridgehead atoms. The Labute approximate surface area is 113 Å². The number of anilines is 1. The maximum atomic E-state index is 12.6. The standard InChI is InChI=1S/C13H13F3N2O2/c1-17-11(19)10-5-6-18(12(10)20)9-4-2-3-8(7-9)13(14,15)16/h2-4,7,10H,5-6H2,1H3,(H,17,19). The van der Waals surface area contributed by atoms with E-state index in [0.717, 1.165) is 12.1 Å². The average Bonchev–Trinajstić information content (AvgIpc) is 2.79. The Morgan fingerprint density at radius 2 is 2.10 bits per heavy atom. The highest BCUT2D eigenvalue weighted by Crippen LogP contribution is 2.33. The Bertz CT molecular complexity index is 543. The molecule has 0 saturated carbocycles. The SMILES string of the molecule is CNC(=O)C1CCN(c2cccc(C(F)(F)F)c2)C1=O. The molecule has 0 aliphatic carbocycles. The fraction of sp³-hybridized carbons (Fsp3) is 0.385. The highest BCUT2D eigenvalue weighted by molar-refractivity contribution is 6.09. The molecule has 1 unspecified atom stereocenters. The second-order valence-electron chi connectivity index (χ2n) is 4.49. The second kappa shape index (κ2) is 5.15. The molecule has 1 saturated heterocycles. The second-order valence-corrected chi connectivity index (χ2v) is 4.49. The van der Waals surface area contributed by atoms with Crippen LogP contribution in [0.3, 0.4) is 0 Å². The molecule has 0 radical (unpaired) electrons. The monoisotopic (exact) mass is 286 g/mol. The van der Waals surface area contributed by atoms with Crippen molar-refractivity contribution in [2.24, 2.45) is 5.92 Å². The molecular weight excluding hydrogens is 273 g/mol. The summed E-state index contributed by atoms with van der Waals surface area (Å²) in [6, 6.07) is 4.54. The number of rotatable bonds is 2. The van der Waals surface area contributed by atoms with Gasteiger partial charge in [0.1, 0.15) is 5.92 Å². The molecule has 1 atom stereocenters. The lowest BCUT2D eigenvalue weighted by molar-refractivity contribution is -0.138. The third kappa shape index (κ3) is 2.61. The van der Waals surface area contributed by atoms with E-state index in [1.807, 2.05) is 0 Å². The first-order chi connectivity index (χ1) is 9.34. The normalized spacial score (nSPS) is 19.3. The largest absolute Gasteiger partial charge is 0.416 e. The van der Waals surface area contributed by atoms with E-state index in [0.29, 0.717) is 6.42 Å². The van der Waals surface area contributed by atoms with Gasteiger partial charge in [0.05, 0.1) is 5.56 Å². The quantitative estimate of drug-likeness (QED) is 0.843. The van der Waals surface area contributed by atoms with Crippen LogP contribution in [0.4, 0.5) is 18.9 Å². The smallest absolute Gasteiger partial charge is 0.358 e. The van der Waals surface area contributed by atoms with Crippen LogP contribution in [0.15, 0.2) is 24.3 Å². The zero-order chi connectivity index (χ0) is 14.9. The van der Waals surface area contributed by atoms with Gasteiger partial charge < -0.3 is 10.2 Å². The van der Waals surface area contributed by atoms with Gasteiger partial charge in [-0.2, -0.15) is 13.2 Å². The van der Waals surface area contributed by atoms with Crippen LogP contribution >= 0.6 is 0 Å². The maximum Gasteiger partial charge on any atom is 0.416 e. The minimum absolute atomic E-state index is 0.163. The average molecular weight is 286 g/mol. The molecule has 7 heteroatoms. The molecule has 1 aliphatic heterocycles. The van der Waals surface area contributed by atoms with E-state index in [1.165, 1.54) is 24.1 Å². The zero-order valence-corrected chi connectivity index (χ0v) is 10.7. The van der Waals surface area contributed by atoms with Crippen LogP contribution in [0.5, 0.6) is 0 Å². The van der Waals surface area contributed by atoms with Crippen molar-refractivity contribution in [1.82, 2.24) is 5.32 Å². The molecule has 4 nitrogen and oxygen atoms in total. The number of nitrogens with zero attached hydrogens (tertiary/aromatic N) is 1.